The first kappa shape index (κ1) is 16.3. The molecule has 1 aliphatic rings. The van der Waals surface area contributed by atoms with Crippen molar-refractivity contribution in [2.45, 2.75) is 13.1 Å². The fraction of sp³-hybridized carbons (Fsp3) is 0.333. The Morgan fingerprint density at radius 3 is 2.32 bits per heavy atom. The van der Waals surface area contributed by atoms with Crippen molar-refractivity contribution in [2.24, 2.45) is 0 Å². The van der Waals surface area contributed by atoms with E-state index in [0.29, 0.717) is 23.3 Å². The molecule has 25 heavy (non-hydrogen) atoms. The third-order valence-corrected chi connectivity index (χ3v) is 4.59. The number of furan rings is 1. The van der Waals surface area contributed by atoms with Gasteiger partial charge in [-0.3, -0.25) is 9.80 Å². The molecule has 6 nitrogen and oxygen atoms in total. The van der Waals surface area contributed by atoms with Crippen LogP contribution in [0.25, 0.3) is 11.5 Å². The Kier molecular flexibility index (Phi) is 4.83. The highest BCUT2D eigenvalue weighted by atomic mass is 35.5. The molecule has 0 saturated carbocycles. The normalized spacial score (nSPS) is 16.4. The van der Waals surface area contributed by atoms with E-state index in [1.165, 1.54) is 0 Å². The second-order valence-corrected chi connectivity index (χ2v) is 6.58. The highest BCUT2D eigenvalue weighted by molar-refractivity contribution is 6.30. The molecule has 130 valence electrons. The van der Waals surface area contributed by atoms with Gasteiger partial charge in [-0.05, 0) is 36.4 Å². The van der Waals surface area contributed by atoms with E-state index < -0.39 is 0 Å². The van der Waals surface area contributed by atoms with Gasteiger partial charge in [0.15, 0.2) is 0 Å². The summed E-state index contributed by atoms with van der Waals surface area (Å²) in [6, 6.07) is 11.3. The summed E-state index contributed by atoms with van der Waals surface area (Å²) < 4.78 is 11.2. The van der Waals surface area contributed by atoms with Crippen molar-refractivity contribution in [1.82, 2.24) is 20.0 Å². The summed E-state index contributed by atoms with van der Waals surface area (Å²) in [4.78, 5) is 4.72. The number of hydrogen-bond acceptors (Lipinski definition) is 6. The van der Waals surface area contributed by atoms with Crippen LogP contribution in [0, 0.1) is 0 Å². The summed E-state index contributed by atoms with van der Waals surface area (Å²) in [5.74, 6) is 2.19. The standard InChI is InChI=1S/C18H19ClN4O2/c19-15-5-3-14(4-6-15)18-21-20-17(25-18)13-23-9-7-22(8-10-23)12-16-2-1-11-24-16/h1-6,11H,7-10,12-13H2. The third kappa shape index (κ3) is 4.10. The molecule has 0 spiro atoms. The van der Waals surface area contributed by atoms with Gasteiger partial charge in [0.1, 0.15) is 5.76 Å². The molecule has 0 N–H and O–H groups in total. The third-order valence-electron chi connectivity index (χ3n) is 4.34. The second kappa shape index (κ2) is 7.39. The predicted molar refractivity (Wildman–Crippen MR) is 94.0 cm³/mol. The number of halogens is 1. The Labute approximate surface area is 151 Å². The summed E-state index contributed by atoms with van der Waals surface area (Å²) in [5.41, 5.74) is 0.881. The Morgan fingerprint density at radius 2 is 1.64 bits per heavy atom. The van der Waals surface area contributed by atoms with Crippen LogP contribution < -0.4 is 0 Å². The maximum atomic E-state index is 5.91. The van der Waals surface area contributed by atoms with Crippen LogP contribution in [0.15, 0.2) is 51.5 Å². The van der Waals surface area contributed by atoms with Crippen LogP contribution in [-0.2, 0) is 13.1 Å². The first-order valence-corrected chi connectivity index (χ1v) is 8.69. The van der Waals surface area contributed by atoms with Gasteiger partial charge in [-0.2, -0.15) is 0 Å². The van der Waals surface area contributed by atoms with E-state index in [1.54, 1.807) is 6.26 Å². The summed E-state index contributed by atoms with van der Waals surface area (Å²) in [5, 5.41) is 9.00. The molecular weight excluding hydrogens is 340 g/mol. The molecule has 0 aliphatic carbocycles. The maximum absolute atomic E-state index is 5.91. The molecule has 0 bridgehead atoms. The minimum atomic E-state index is 0.531. The largest absolute Gasteiger partial charge is 0.468 e. The number of benzene rings is 1. The van der Waals surface area contributed by atoms with Gasteiger partial charge in [-0.1, -0.05) is 11.6 Å². The SMILES string of the molecule is Clc1ccc(-c2nnc(CN3CCN(Cc4ccco4)CC3)o2)cc1. The lowest BCUT2D eigenvalue weighted by Crippen LogP contribution is -2.45. The molecule has 0 atom stereocenters. The topological polar surface area (TPSA) is 58.5 Å². The van der Waals surface area contributed by atoms with Crippen molar-refractivity contribution in [3.05, 3.63) is 59.3 Å². The fourth-order valence-electron chi connectivity index (χ4n) is 2.95. The number of rotatable bonds is 5. The highest BCUT2D eigenvalue weighted by Crippen LogP contribution is 2.21. The lowest BCUT2D eigenvalue weighted by molar-refractivity contribution is 0.109. The zero-order valence-electron chi connectivity index (χ0n) is 13.8. The predicted octanol–water partition coefficient (Wildman–Crippen LogP) is 3.30. The molecule has 7 heteroatoms. The van der Waals surface area contributed by atoms with Gasteiger partial charge in [0.2, 0.25) is 11.8 Å². The molecule has 4 rings (SSSR count). The zero-order chi connectivity index (χ0) is 17.1. The molecule has 3 heterocycles. The lowest BCUT2D eigenvalue weighted by atomic mass is 10.2. The molecule has 2 aromatic heterocycles. The smallest absolute Gasteiger partial charge is 0.247 e. The summed E-state index contributed by atoms with van der Waals surface area (Å²) in [6.07, 6.45) is 1.72. The average Bonchev–Trinajstić information content (AvgIpc) is 3.29. The summed E-state index contributed by atoms with van der Waals surface area (Å²) in [6.45, 7) is 5.48. The van der Waals surface area contributed by atoms with Gasteiger partial charge in [0.05, 0.1) is 19.4 Å². The molecular formula is C18H19ClN4O2. The van der Waals surface area contributed by atoms with E-state index in [4.69, 9.17) is 20.4 Å². The van der Waals surface area contributed by atoms with Crippen LogP contribution in [0.2, 0.25) is 5.02 Å². The first-order valence-electron chi connectivity index (χ1n) is 8.32. The van der Waals surface area contributed by atoms with Crippen LogP contribution in [-0.4, -0.2) is 46.2 Å². The average molecular weight is 359 g/mol. The van der Waals surface area contributed by atoms with Crippen LogP contribution in [0.5, 0.6) is 0 Å². The van der Waals surface area contributed by atoms with Crippen molar-refractivity contribution in [3.8, 4) is 11.5 Å². The van der Waals surface area contributed by atoms with Crippen LogP contribution >= 0.6 is 11.6 Å². The van der Waals surface area contributed by atoms with Crippen molar-refractivity contribution in [3.63, 3.8) is 0 Å². The number of hydrogen-bond donors (Lipinski definition) is 0. The van der Waals surface area contributed by atoms with Crippen LogP contribution in [0.3, 0.4) is 0 Å². The monoisotopic (exact) mass is 358 g/mol. The van der Waals surface area contributed by atoms with Gasteiger partial charge < -0.3 is 8.83 Å². The van der Waals surface area contributed by atoms with Gasteiger partial charge in [-0.15, -0.1) is 10.2 Å². The maximum Gasteiger partial charge on any atom is 0.247 e. The fourth-order valence-corrected chi connectivity index (χ4v) is 3.07. The molecule has 1 aromatic carbocycles. The van der Waals surface area contributed by atoms with E-state index in [2.05, 4.69) is 20.0 Å². The number of piperazine rings is 1. The van der Waals surface area contributed by atoms with Gasteiger partial charge >= 0.3 is 0 Å². The summed E-state index contributed by atoms with van der Waals surface area (Å²) >= 11 is 5.91. The first-order chi connectivity index (χ1) is 12.3. The molecule has 1 fully saturated rings. The van der Waals surface area contributed by atoms with Crippen molar-refractivity contribution in [1.29, 1.82) is 0 Å². The van der Waals surface area contributed by atoms with E-state index in [1.807, 2.05) is 36.4 Å². The number of aromatic nitrogens is 2. The van der Waals surface area contributed by atoms with Crippen LogP contribution in [0.1, 0.15) is 11.7 Å². The van der Waals surface area contributed by atoms with Crippen molar-refractivity contribution >= 4 is 11.6 Å². The zero-order valence-corrected chi connectivity index (χ0v) is 14.5. The van der Waals surface area contributed by atoms with Crippen LogP contribution in [0.4, 0.5) is 0 Å². The second-order valence-electron chi connectivity index (χ2n) is 6.14. The van der Waals surface area contributed by atoms with E-state index in [0.717, 1.165) is 44.0 Å². The quantitative estimate of drug-likeness (QED) is 0.697. The molecule has 0 amide bonds. The Morgan fingerprint density at radius 1 is 0.920 bits per heavy atom. The molecule has 0 radical (unpaired) electrons. The van der Waals surface area contributed by atoms with E-state index in [9.17, 15) is 0 Å². The molecule has 3 aromatic rings. The van der Waals surface area contributed by atoms with Gasteiger partial charge in [-0.25, -0.2) is 0 Å². The Hall–Kier alpha value is -2.15. The van der Waals surface area contributed by atoms with E-state index in [-0.39, 0.29) is 0 Å². The lowest BCUT2D eigenvalue weighted by Gasteiger charge is -2.33. The van der Waals surface area contributed by atoms with Gasteiger partial charge in [0, 0.05) is 36.8 Å². The Bertz CT molecular complexity index is 793. The minimum Gasteiger partial charge on any atom is -0.468 e. The Balaban J connectivity index is 1.31. The molecule has 1 saturated heterocycles. The van der Waals surface area contributed by atoms with Crippen molar-refractivity contribution < 1.29 is 8.83 Å². The van der Waals surface area contributed by atoms with Gasteiger partial charge in [0.25, 0.3) is 0 Å². The highest BCUT2D eigenvalue weighted by Gasteiger charge is 2.20. The van der Waals surface area contributed by atoms with E-state index >= 15 is 0 Å². The summed E-state index contributed by atoms with van der Waals surface area (Å²) in [7, 11) is 0. The van der Waals surface area contributed by atoms with Crippen molar-refractivity contribution in [2.75, 3.05) is 26.2 Å². The minimum absolute atomic E-state index is 0.531. The molecule has 1 aliphatic heterocycles. The molecule has 0 unspecified atom stereocenters. The number of nitrogens with zero attached hydrogens (tertiary/aromatic N) is 4.